The van der Waals surface area contributed by atoms with Crippen LogP contribution in [0.2, 0.25) is 0 Å². The van der Waals surface area contributed by atoms with Crippen LogP contribution in [0.25, 0.3) is 0 Å². The third-order valence-electron chi connectivity index (χ3n) is 4.20. The van der Waals surface area contributed by atoms with Gasteiger partial charge in [0, 0.05) is 13.1 Å². The Bertz CT molecular complexity index is 585. The van der Waals surface area contributed by atoms with Crippen LogP contribution in [0.4, 0.5) is 11.5 Å². The van der Waals surface area contributed by atoms with Crippen LogP contribution in [0.1, 0.15) is 39.5 Å². The van der Waals surface area contributed by atoms with Crippen molar-refractivity contribution in [2.24, 2.45) is 12.5 Å². The lowest BCUT2D eigenvalue weighted by Crippen LogP contribution is -2.42. The summed E-state index contributed by atoms with van der Waals surface area (Å²) in [5, 5.41) is 3.25. The number of nitrogen functional groups attached to an aromatic ring is 1. The number of aromatic nitrogens is 2. The molecular weight excluding hydrogens is 244 g/mol. The monoisotopic (exact) mass is 266 g/mol. The van der Waals surface area contributed by atoms with Gasteiger partial charge in [-0.05, 0) is 18.3 Å². The van der Waals surface area contributed by atoms with Crippen LogP contribution in [-0.4, -0.2) is 15.6 Å². The van der Waals surface area contributed by atoms with E-state index in [-0.39, 0.29) is 17.3 Å². The molecule has 0 bridgehead atoms. The molecular formula is C13H22N4O2. The van der Waals surface area contributed by atoms with E-state index in [9.17, 15) is 9.59 Å². The molecule has 1 aliphatic rings. The minimum absolute atomic E-state index is 0.117. The number of nitrogens with two attached hydrogens (primary N) is 1. The molecule has 106 valence electrons. The zero-order valence-electron chi connectivity index (χ0n) is 11.7. The maximum absolute atomic E-state index is 11.9. The largest absolute Gasteiger partial charge is 0.383 e. The first kappa shape index (κ1) is 13.7. The third-order valence-corrected chi connectivity index (χ3v) is 4.20. The van der Waals surface area contributed by atoms with E-state index in [1.54, 1.807) is 7.05 Å². The first-order valence-electron chi connectivity index (χ1n) is 6.68. The van der Waals surface area contributed by atoms with Crippen LogP contribution >= 0.6 is 0 Å². The van der Waals surface area contributed by atoms with Crippen molar-refractivity contribution in [1.82, 2.24) is 9.55 Å². The SMILES string of the molecule is Cn1c(N)c(NC2CCCCC2(C)C)c(=O)[nH]c1=O. The quantitative estimate of drug-likeness (QED) is 0.745. The molecule has 2 rings (SSSR count). The Labute approximate surface area is 112 Å². The lowest BCUT2D eigenvalue weighted by atomic mass is 9.73. The van der Waals surface area contributed by atoms with E-state index in [0.29, 0.717) is 5.69 Å². The fraction of sp³-hybridized carbons (Fsp3) is 0.692. The molecule has 1 unspecified atom stereocenters. The summed E-state index contributed by atoms with van der Waals surface area (Å²) >= 11 is 0. The van der Waals surface area contributed by atoms with Crippen molar-refractivity contribution in [2.45, 2.75) is 45.6 Å². The topological polar surface area (TPSA) is 92.9 Å². The van der Waals surface area contributed by atoms with Gasteiger partial charge < -0.3 is 11.1 Å². The minimum Gasteiger partial charge on any atom is -0.383 e. The first-order chi connectivity index (χ1) is 8.83. The van der Waals surface area contributed by atoms with E-state index >= 15 is 0 Å². The summed E-state index contributed by atoms with van der Waals surface area (Å²) in [6.07, 6.45) is 4.48. The molecule has 0 radical (unpaired) electrons. The minimum atomic E-state index is -0.490. The van der Waals surface area contributed by atoms with Gasteiger partial charge in [-0.2, -0.15) is 0 Å². The summed E-state index contributed by atoms with van der Waals surface area (Å²) in [7, 11) is 1.55. The molecule has 1 heterocycles. The maximum Gasteiger partial charge on any atom is 0.329 e. The second-order valence-electron chi connectivity index (χ2n) is 6.01. The van der Waals surface area contributed by atoms with Gasteiger partial charge in [-0.3, -0.25) is 14.3 Å². The number of anilines is 2. The fourth-order valence-corrected chi connectivity index (χ4v) is 2.71. The van der Waals surface area contributed by atoms with Crippen molar-refractivity contribution < 1.29 is 0 Å². The summed E-state index contributed by atoms with van der Waals surface area (Å²) < 4.78 is 1.25. The van der Waals surface area contributed by atoms with E-state index in [0.717, 1.165) is 19.3 Å². The molecule has 1 fully saturated rings. The number of hydrogen-bond donors (Lipinski definition) is 3. The molecule has 6 heteroatoms. The molecule has 0 aliphatic heterocycles. The van der Waals surface area contributed by atoms with Crippen molar-refractivity contribution in [3.63, 3.8) is 0 Å². The smallest absolute Gasteiger partial charge is 0.329 e. The Balaban J connectivity index is 2.36. The molecule has 19 heavy (non-hydrogen) atoms. The zero-order valence-corrected chi connectivity index (χ0v) is 11.7. The highest BCUT2D eigenvalue weighted by atomic mass is 16.2. The average Bonchev–Trinajstić information content (AvgIpc) is 2.33. The van der Waals surface area contributed by atoms with E-state index in [2.05, 4.69) is 24.1 Å². The fourth-order valence-electron chi connectivity index (χ4n) is 2.71. The van der Waals surface area contributed by atoms with Gasteiger partial charge in [0.1, 0.15) is 11.5 Å². The molecule has 0 saturated heterocycles. The summed E-state index contributed by atoms with van der Waals surface area (Å²) in [6, 6.07) is 0.196. The summed E-state index contributed by atoms with van der Waals surface area (Å²) in [5.74, 6) is 0.190. The van der Waals surface area contributed by atoms with Gasteiger partial charge in [0.05, 0.1) is 0 Å². The van der Waals surface area contributed by atoms with Crippen LogP contribution in [0, 0.1) is 5.41 Å². The second kappa shape index (κ2) is 4.75. The van der Waals surface area contributed by atoms with Crippen molar-refractivity contribution in [3.05, 3.63) is 20.8 Å². The zero-order chi connectivity index (χ0) is 14.2. The highest BCUT2D eigenvalue weighted by molar-refractivity contribution is 5.61. The Morgan fingerprint density at radius 2 is 2.05 bits per heavy atom. The van der Waals surface area contributed by atoms with Crippen LogP contribution in [0.15, 0.2) is 9.59 Å². The molecule has 0 spiro atoms. The van der Waals surface area contributed by atoms with E-state index in [1.165, 1.54) is 11.0 Å². The Morgan fingerprint density at radius 3 is 2.68 bits per heavy atom. The lowest BCUT2D eigenvalue weighted by molar-refractivity contribution is 0.217. The molecule has 6 nitrogen and oxygen atoms in total. The number of hydrogen-bond acceptors (Lipinski definition) is 4. The molecule has 1 aromatic rings. The maximum atomic E-state index is 11.9. The molecule has 0 aromatic carbocycles. The standard InChI is InChI=1S/C13H22N4O2/c1-13(2)7-5-4-6-8(13)15-9-10(14)17(3)12(19)16-11(9)18/h8,15H,4-7,14H2,1-3H3,(H,16,18,19). The second-order valence-corrected chi connectivity index (χ2v) is 6.01. The van der Waals surface area contributed by atoms with Gasteiger partial charge in [0.15, 0.2) is 0 Å². The lowest BCUT2D eigenvalue weighted by Gasteiger charge is -2.39. The molecule has 4 N–H and O–H groups in total. The van der Waals surface area contributed by atoms with Crippen molar-refractivity contribution in [2.75, 3.05) is 11.1 Å². The van der Waals surface area contributed by atoms with Crippen molar-refractivity contribution >= 4 is 11.5 Å². The van der Waals surface area contributed by atoms with Gasteiger partial charge in [0.25, 0.3) is 5.56 Å². The molecule has 0 amide bonds. The Hall–Kier alpha value is -1.72. The summed E-state index contributed by atoms with van der Waals surface area (Å²) in [4.78, 5) is 25.6. The number of H-pyrrole nitrogens is 1. The predicted molar refractivity (Wildman–Crippen MR) is 76.4 cm³/mol. The van der Waals surface area contributed by atoms with Crippen LogP contribution < -0.4 is 22.3 Å². The molecule has 1 aromatic heterocycles. The van der Waals surface area contributed by atoms with E-state index < -0.39 is 11.2 Å². The summed E-state index contributed by atoms with van der Waals surface area (Å²) in [6.45, 7) is 4.38. The molecule has 1 saturated carbocycles. The Kier molecular flexibility index (Phi) is 3.43. The van der Waals surface area contributed by atoms with Crippen LogP contribution in [-0.2, 0) is 7.05 Å². The normalized spacial score (nSPS) is 22.2. The van der Waals surface area contributed by atoms with Crippen LogP contribution in [0.3, 0.4) is 0 Å². The first-order valence-corrected chi connectivity index (χ1v) is 6.68. The number of nitrogens with zero attached hydrogens (tertiary/aromatic N) is 1. The number of nitrogens with one attached hydrogen (secondary N) is 2. The predicted octanol–water partition coefficient (Wildman–Crippen LogP) is 1.04. The van der Waals surface area contributed by atoms with Gasteiger partial charge in [-0.25, -0.2) is 4.79 Å². The van der Waals surface area contributed by atoms with Gasteiger partial charge >= 0.3 is 5.69 Å². The number of rotatable bonds is 2. The third kappa shape index (κ3) is 2.52. The van der Waals surface area contributed by atoms with Gasteiger partial charge in [-0.15, -0.1) is 0 Å². The highest BCUT2D eigenvalue weighted by Crippen LogP contribution is 2.37. The number of aromatic amines is 1. The van der Waals surface area contributed by atoms with Crippen molar-refractivity contribution in [3.8, 4) is 0 Å². The summed E-state index contributed by atoms with van der Waals surface area (Å²) in [5.41, 5.74) is 5.36. The van der Waals surface area contributed by atoms with E-state index in [4.69, 9.17) is 5.73 Å². The highest BCUT2D eigenvalue weighted by Gasteiger charge is 2.33. The molecule has 1 atom stereocenters. The Morgan fingerprint density at radius 1 is 1.37 bits per heavy atom. The van der Waals surface area contributed by atoms with Gasteiger partial charge in [0.2, 0.25) is 0 Å². The van der Waals surface area contributed by atoms with Gasteiger partial charge in [-0.1, -0.05) is 26.7 Å². The van der Waals surface area contributed by atoms with Crippen molar-refractivity contribution in [1.29, 1.82) is 0 Å². The average molecular weight is 266 g/mol. The molecule has 1 aliphatic carbocycles. The van der Waals surface area contributed by atoms with E-state index in [1.807, 2.05) is 0 Å². The van der Waals surface area contributed by atoms with Crippen LogP contribution in [0.5, 0.6) is 0 Å².